The first-order valence-corrected chi connectivity index (χ1v) is 9.74. The van der Waals surface area contributed by atoms with Gasteiger partial charge >= 0.3 is 5.97 Å². The van der Waals surface area contributed by atoms with Gasteiger partial charge in [-0.1, -0.05) is 6.07 Å². The van der Waals surface area contributed by atoms with Gasteiger partial charge in [0.05, 0.1) is 18.7 Å². The molecule has 2 N–H and O–H groups in total. The predicted molar refractivity (Wildman–Crippen MR) is 102 cm³/mol. The van der Waals surface area contributed by atoms with E-state index in [1.54, 1.807) is 25.2 Å². The highest BCUT2D eigenvalue weighted by atomic mass is 32.1. The Morgan fingerprint density at radius 2 is 2.08 bits per heavy atom. The number of rotatable bonds is 6. The third-order valence-corrected chi connectivity index (χ3v) is 5.94. The third kappa shape index (κ3) is 3.68. The van der Waals surface area contributed by atoms with Gasteiger partial charge < -0.3 is 15.0 Å². The number of nitrogens with one attached hydrogen (secondary N) is 2. The highest BCUT2D eigenvalue weighted by Crippen LogP contribution is 2.28. The molecule has 2 aromatic rings. The number of aryl methyl sites for hydroxylation is 1. The second-order valence-electron chi connectivity index (χ2n) is 6.60. The summed E-state index contributed by atoms with van der Waals surface area (Å²) in [6.07, 6.45) is 2.40. The van der Waals surface area contributed by atoms with Gasteiger partial charge in [0.15, 0.2) is 0 Å². The molecule has 1 aliphatic heterocycles. The lowest BCUT2D eigenvalue weighted by atomic mass is 10.1. The fourth-order valence-corrected chi connectivity index (χ4v) is 4.47. The van der Waals surface area contributed by atoms with Crippen LogP contribution in [0.15, 0.2) is 17.5 Å². The van der Waals surface area contributed by atoms with Crippen molar-refractivity contribution in [3.8, 4) is 0 Å². The lowest BCUT2D eigenvalue weighted by molar-refractivity contribution is 0.0599. The SMILES string of the molecule is COC(=O)c1c(C)[nH]c(C(=O)NC[C@H](c2cccs2)N2CCCC2)c1C. The van der Waals surface area contributed by atoms with E-state index >= 15 is 0 Å². The molecule has 3 rings (SSSR count). The van der Waals surface area contributed by atoms with Crippen LogP contribution in [0.4, 0.5) is 0 Å². The van der Waals surface area contributed by atoms with Crippen molar-refractivity contribution in [2.45, 2.75) is 32.7 Å². The van der Waals surface area contributed by atoms with Gasteiger partial charge in [0.25, 0.3) is 5.91 Å². The van der Waals surface area contributed by atoms with E-state index < -0.39 is 5.97 Å². The number of thiophene rings is 1. The Morgan fingerprint density at radius 3 is 2.69 bits per heavy atom. The van der Waals surface area contributed by atoms with Crippen LogP contribution in [-0.2, 0) is 4.74 Å². The molecule has 1 saturated heterocycles. The summed E-state index contributed by atoms with van der Waals surface area (Å²) < 4.78 is 4.81. The molecule has 26 heavy (non-hydrogen) atoms. The number of ether oxygens (including phenoxy) is 1. The molecule has 0 bridgehead atoms. The minimum absolute atomic E-state index is 0.192. The van der Waals surface area contributed by atoms with Crippen molar-refractivity contribution in [1.82, 2.24) is 15.2 Å². The number of hydrogen-bond acceptors (Lipinski definition) is 5. The number of amides is 1. The van der Waals surface area contributed by atoms with Crippen molar-refractivity contribution in [1.29, 1.82) is 0 Å². The number of aromatic amines is 1. The van der Waals surface area contributed by atoms with Gasteiger partial charge in [-0.15, -0.1) is 11.3 Å². The summed E-state index contributed by atoms with van der Waals surface area (Å²) in [6, 6.07) is 4.36. The number of hydrogen-bond donors (Lipinski definition) is 2. The molecule has 6 nitrogen and oxygen atoms in total. The van der Waals surface area contributed by atoms with Crippen molar-refractivity contribution in [2.24, 2.45) is 0 Å². The van der Waals surface area contributed by atoms with E-state index in [2.05, 4.69) is 26.6 Å². The minimum Gasteiger partial charge on any atom is -0.465 e. The molecule has 1 fully saturated rings. The molecule has 1 amide bonds. The Hall–Kier alpha value is -2.12. The maximum absolute atomic E-state index is 12.7. The van der Waals surface area contributed by atoms with E-state index in [0.29, 0.717) is 29.1 Å². The van der Waals surface area contributed by atoms with Crippen LogP contribution in [0.25, 0.3) is 0 Å². The van der Waals surface area contributed by atoms with Gasteiger partial charge in [0.2, 0.25) is 0 Å². The number of carbonyl (C=O) groups is 2. The summed E-state index contributed by atoms with van der Waals surface area (Å²) in [5.41, 5.74) is 2.13. The van der Waals surface area contributed by atoms with Gasteiger partial charge in [-0.05, 0) is 56.8 Å². The van der Waals surface area contributed by atoms with Crippen molar-refractivity contribution in [2.75, 3.05) is 26.7 Å². The Balaban J connectivity index is 1.74. The summed E-state index contributed by atoms with van der Waals surface area (Å²) >= 11 is 1.72. The van der Waals surface area contributed by atoms with Crippen LogP contribution in [0.1, 0.15) is 55.9 Å². The van der Waals surface area contributed by atoms with E-state index in [0.717, 1.165) is 13.1 Å². The maximum atomic E-state index is 12.7. The van der Waals surface area contributed by atoms with E-state index in [9.17, 15) is 9.59 Å². The normalized spacial score (nSPS) is 15.8. The fraction of sp³-hybridized carbons (Fsp3) is 0.474. The smallest absolute Gasteiger partial charge is 0.339 e. The zero-order valence-electron chi connectivity index (χ0n) is 15.4. The molecule has 2 aromatic heterocycles. The molecule has 1 atom stereocenters. The van der Waals surface area contributed by atoms with Gasteiger partial charge in [-0.3, -0.25) is 9.69 Å². The number of methoxy groups -OCH3 is 1. The Kier molecular flexibility index (Phi) is 5.78. The number of aromatic nitrogens is 1. The van der Waals surface area contributed by atoms with Gasteiger partial charge in [0, 0.05) is 17.1 Å². The quantitative estimate of drug-likeness (QED) is 0.761. The molecule has 1 aliphatic rings. The minimum atomic E-state index is -0.427. The summed E-state index contributed by atoms with van der Waals surface area (Å²) in [6.45, 7) is 6.21. The molecule has 0 unspecified atom stereocenters. The summed E-state index contributed by atoms with van der Waals surface area (Å²) in [5.74, 6) is -0.620. The maximum Gasteiger partial charge on any atom is 0.339 e. The lowest BCUT2D eigenvalue weighted by Crippen LogP contribution is -2.36. The molecule has 0 saturated carbocycles. The molecule has 0 radical (unpaired) electrons. The van der Waals surface area contributed by atoms with Crippen molar-refractivity contribution >= 4 is 23.2 Å². The second kappa shape index (κ2) is 8.05. The highest BCUT2D eigenvalue weighted by Gasteiger charge is 2.26. The van der Waals surface area contributed by atoms with Crippen LogP contribution < -0.4 is 5.32 Å². The summed E-state index contributed by atoms with van der Waals surface area (Å²) in [7, 11) is 1.34. The standard InChI is InChI=1S/C19H25N3O3S/c1-12-16(19(24)25-3)13(2)21-17(12)18(23)20-11-14(15-7-6-10-26-15)22-8-4-5-9-22/h6-7,10,14,21H,4-5,8-9,11H2,1-3H3,(H,20,23)/t14-/m1/s1. The zero-order valence-corrected chi connectivity index (χ0v) is 16.2. The molecule has 7 heteroatoms. The molecular formula is C19H25N3O3S. The van der Waals surface area contributed by atoms with Crippen LogP contribution in [-0.4, -0.2) is 48.5 Å². The zero-order chi connectivity index (χ0) is 18.7. The summed E-state index contributed by atoms with van der Waals surface area (Å²) in [4.78, 5) is 31.4. The number of esters is 1. The Morgan fingerprint density at radius 1 is 1.35 bits per heavy atom. The molecular weight excluding hydrogens is 350 g/mol. The molecule has 0 aromatic carbocycles. The topological polar surface area (TPSA) is 74.4 Å². The number of H-pyrrole nitrogens is 1. The number of likely N-dealkylation sites (tertiary alicyclic amines) is 1. The van der Waals surface area contributed by atoms with Gasteiger partial charge in [0.1, 0.15) is 5.69 Å². The van der Waals surface area contributed by atoms with Gasteiger partial charge in [-0.2, -0.15) is 0 Å². The second-order valence-corrected chi connectivity index (χ2v) is 7.58. The van der Waals surface area contributed by atoms with Gasteiger partial charge in [-0.25, -0.2) is 4.79 Å². The number of nitrogens with zero attached hydrogens (tertiary/aromatic N) is 1. The largest absolute Gasteiger partial charge is 0.465 e. The van der Waals surface area contributed by atoms with Crippen molar-refractivity contribution in [3.05, 3.63) is 44.9 Å². The highest BCUT2D eigenvalue weighted by molar-refractivity contribution is 7.10. The first-order chi connectivity index (χ1) is 12.5. The first kappa shape index (κ1) is 18.7. The van der Waals surface area contributed by atoms with E-state index in [1.165, 1.54) is 24.8 Å². The first-order valence-electron chi connectivity index (χ1n) is 8.86. The third-order valence-electron chi connectivity index (χ3n) is 4.96. The number of carbonyl (C=O) groups excluding carboxylic acids is 2. The van der Waals surface area contributed by atoms with Crippen LogP contribution in [0, 0.1) is 13.8 Å². The van der Waals surface area contributed by atoms with E-state index in [4.69, 9.17) is 4.74 Å². The average Bonchev–Trinajstić information content (AvgIpc) is 3.37. The van der Waals surface area contributed by atoms with E-state index in [1.807, 2.05) is 6.07 Å². The molecule has 140 valence electrons. The van der Waals surface area contributed by atoms with Crippen molar-refractivity contribution < 1.29 is 14.3 Å². The molecule has 0 spiro atoms. The monoisotopic (exact) mass is 375 g/mol. The van der Waals surface area contributed by atoms with E-state index in [-0.39, 0.29) is 11.9 Å². The summed E-state index contributed by atoms with van der Waals surface area (Å²) in [5, 5.41) is 5.12. The molecule has 3 heterocycles. The predicted octanol–water partition coefficient (Wildman–Crippen LogP) is 3.05. The molecule has 0 aliphatic carbocycles. The Labute approximate surface area is 157 Å². The lowest BCUT2D eigenvalue weighted by Gasteiger charge is -2.26. The van der Waals surface area contributed by atoms with Crippen LogP contribution >= 0.6 is 11.3 Å². The van der Waals surface area contributed by atoms with Crippen LogP contribution in [0.5, 0.6) is 0 Å². The van der Waals surface area contributed by atoms with Crippen LogP contribution in [0.2, 0.25) is 0 Å². The van der Waals surface area contributed by atoms with Crippen LogP contribution in [0.3, 0.4) is 0 Å². The van der Waals surface area contributed by atoms with Crippen molar-refractivity contribution in [3.63, 3.8) is 0 Å². The Bertz CT molecular complexity index is 776. The average molecular weight is 375 g/mol. The fourth-order valence-electron chi connectivity index (χ4n) is 3.61.